The average molecular weight is 436 g/mol. The summed E-state index contributed by atoms with van der Waals surface area (Å²) in [4.78, 5) is 12.1. The zero-order valence-electron chi connectivity index (χ0n) is 13.4. The van der Waals surface area contributed by atoms with Crippen molar-refractivity contribution in [1.29, 1.82) is 0 Å². The summed E-state index contributed by atoms with van der Waals surface area (Å²) in [5.41, 5.74) is 0.247. The lowest BCUT2D eigenvalue weighted by Crippen LogP contribution is -2.39. The van der Waals surface area contributed by atoms with E-state index in [0.29, 0.717) is 23.5 Å². The Labute approximate surface area is 156 Å². The van der Waals surface area contributed by atoms with E-state index in [1.165, 1.54) is 22.5 Å². The van der Waals surface area contributed by atoms with Gasteiger partial charge in [0.15, 0.2) is 0 Å². The molecular formula is C16H20BrClN2O3S. The van der Waals surface area contributed by atoms with Gasteiger partial charge in [0.05, 0.1) is 5.02 Å². The van der Waals surface area contributed by atoms with Crippen LogP contribution in [0.4, 0.5) is 0 Å². The number of sulfonamides is 1. The van der Waals surface area contributed by atoms with Crippen molar-refractivity contribution < 1.29 is 13.2 Å². The van der Waals surface area contributed by atoms with Crippen molar-refractivity contribution in [2.45, 2.75) is 24.7 Å². The second kappa shape index (κ2) is 7.99. The Morgan fingerprint density at radius 2 is 2.21 bits per heavy atom. The van der Waals surface area contributed by atoms with Gasteiger partial charge in [-0.3, -0.25) is 4.79 Å². The van der Waals surface area contributed by atoms with Crippen molar-refractivity contribution in [3.05, 3.63) is 39.8 Å². The number of benzene rings is 1. The molecule has 0 radical (unpaired) electrons. The SMILES string of the molecule is C=C(Br)CNC(=O)c1ccc(Cl)c(S(=O)(=O)N2CCC[C@@H](C)C2)c1. The minimum Gasteiger partial charge on any atom is -0.347 e. The van der Waals surface area contributed by atoms with Crippen molar-refractivity contribution in [1.82, 2.24) is 9.62 Å². The van der Waals surface area contributed by atoms with Crippen molar-refractivity contribution in [3.63, 3.8) is 0 Å². The maximum atomic E-state index is 12.9. The summed E-state index contributed by atoms with van der Waals surface area (Å²) in [6.07, 6.45) is 1.84. The highest BCUT2D eigenvalue weighted by molar-refractivity contribution is 9.11. The Bertz CT molecular complexity index is 752. The van der Waals surface area contributed by atoms with E-state index in [4.69, 9.17) is 11.6 Å². The van der Waals surface area contributed by atoms with E-state index < -0.39 is 10.0 Å². The van der Waals surface area contributed by atoms with Crippen molar-refractivity contribution in [2.75, 3.05) is 19.6 Å². The molecule has 0 bridgehead atoms. The van der Waals surface area contributed by atoms with Gasteiger partial charge >= 0.3 is 0 Å². The fourth-order valence-electron chi connectivity index (χ4n) is 2.62. The molecule has 1 amide bonds. The van der Waals surface area contributed by atoms with E-state index in [9.17, 15) is 13.2 Å². The lowest BCUT2D eigenvalue weighted by Gasteiger charge is -2.30. The molecule has 5 nitrogen and oxygen atoms in total. The first-order valence-corrected chi connectivity index (χ1v) is 10.2. The molecule has 1 aliphatic heterocycles. The molecule has 0 saturated carbocycles. The highest BCUT2D eigenvalue weighted by Crippen LogP contribution is 2.29. The third-order valence-corrected chi connectivity index (χ3v) is 6.50. The van der Waals surface area contributed by atoms with Gasteiger partial charge in [-0.05, 0) is 37.0 Å². The van der Waals surface area contributed by atoms with Gasteiger partial charge in [0, 0.05) is 29.7 Å². The molecule has 1 aliphatic rings. The molecule has 1 fully saturated rings. The molecule has 24 heavy (non-hydrogen) atoms. The summed E-state index contributed by atoms with van der Waals surface area (Å²) < 4.78 is 27.8. The van der Waals surface area contributed by atoms with Gasteiger partial charge in [-0.1, -0.05) is 41.0 Å². The first-order valence-electron chi connectivity index (χ1n) is 7.63. The molecule has 0 spiro atoms. The van der Waals surface area contributed by atoms with Gasteiger partial charge in [-0.25, -0.2) is 8.42 Å². The van der Waals surface area contributed by atoms with E-state index in [1.54, 1.807) is 0 Å². The van der Waals surface area contributed by atoms with Crippen LogP contribution < -0.4 is 5.32 Å². The molecule has 1 heterocycles. The standard InChI is InChI=1S/C16H20BrClN2O3S/c1-11-4-3-7-20(10-11)24(22,23)15-8-13(5-6-14(15)18)16(21)19-9-12(2)17/h5-6,8,11H,2-4,7,9-10H2,1H3,(H,19,21)/t11-/m1/s1. The minimum absolute atomic E-state index is 0.0245. The number of nitrogens with one attached hydrogen (secondary N) is 1. The van der Waals surface area contributed by atoms with Crippen LogP contribution in [-0.4, -0.2) is 38.3 Å². The number of hydrogen-bond donors (Lipinski definition) is 1. The monoisotopic (exact) mass is 434 g/mol. The number of amides is 1. The summed E-state index contributed by atoms with van der Waals surface area (Å²) in [5.74, 6) is -0.0700. The van der Waals surface area contributed by atoms with Crippen LogP contribution in [0.3, 0.4) is 0 Å². The highest BCUT2D eigenvalue weighted by Gasteiger charge is 2.30. The van der Waals surface area contributed by atoms with Gasteiger partial charge in [-0.15, -0.1) is 0 Å². The largest absolute Gasteiger partial charge is 0.347 e. The lowest BCUT2D eigenvalue weighted by atomic mass is 10.0. The molecule has 8 heteroatoms. The van der Waals surface area contributed by atoms with Crippen molar-refractivity contribution in [2.24, 2.45) is 5.92 Å². The predicted molar refractivity (Wildman–Crippen MR) is 99.0 cm³/mol. The predicted octanol–water partition coefficient (Wildman–Crippen LogP) is 3.40. The zero-order chi connectivity index (χ0) is 17.9. The quantitative estimate of drug-likeness (QED) is 0.771. The number of hydrogen-bond acceptors (Lipinski definition) is 3. The number of carbonyl (C=O) groups excluding carboxylic acids is 1. The number of piperidine rings is 1. The van der Waals surface area contributed by atoms with Crippen LogP contribution in [0.1, 0.15) is 30.1 Å². The summed E-state index contributed by atoms with van der Waals surface area (Å²) in [7, 11) is -3.72. The molecule has 0 aliphatic carbocycles. The Morgan fingerprint density at radius 1 is 1.50 bits per heavy atom. The van der Waals surface area contributed by atoms with Crippen molar-refractivity contribution in [3.8, 4) is 0 Å². The molecule has 1 saturated heterocycles. The van der Waals surface area contributed by atoms with Crippen LogP contribution in [0.5, 0.6) is 0 Å². The van der Waals surface area contributed by atoms with Gasteiger partial charge in [-0.2, -0.15) is 4.31 Å². The zero-order valence-corrected chi connectivity index (χ0v) is 16.5. The maximum absolute atomic E-state index is 12.9. The molecule has 0 aromatic heterocycles. The Kier molecular flexibility index (Phi) is 6.47. The first-order chi connectivity index (χ1) is 11.2. The first kappa shape index (κ1) is 19.4. The van der Waals surface area contributed by atoms with E-state index in [0.717, 1.165) is 12.8 Å². The van der Waals surface area contributed by atoms with Gasteiger partial charge < -0.3 is 5.32 Å². The highest BCUT2D eigenvalue weighted by atomic mass is 79.9. The van der Waals surface area contributed by atoms with Crippen LogP contribution in [0.2, 0.25) is 5.02 Å². The average Bonchev–Trinajstić information content (AvgIpc) is 2.52. The number of nitrogens with zero attached hydrogens (tertiary/aromatic N) is 1. The second-order valence-electron chi connectivity index (χ2n) is 5.96. The van der Waals surface area contributed by atoms with Gasteiger partial charge in [0.2, 0.25) is 10.0 Å². The van der Waals surface area contributed by atoms with Crippen LogP contribution in [0, 0.1) is 5.92 Å². The fourth-order valence-corrected chi connectivity index (χ4v) is 4.86. The summed E-state index contributed by atoms with van der Waals surface area (Å²) in [5, 5.41) is 2.77. The Morgan fingerprint density at radius 3 is 2.83 bits per heavy atom. The topological polar surface area (TPSA) is 66.5 Å². The summed E-state index contributed by atoms with van der Waals surface area (Å²) in [6, 6.07) is 4.29. The number of carbonyl (C=O) groups is 1. The fraction of sp³-hybridized carbons (Fsp3) is 0.438. The van der Waals surface area contributed by atoms with Crippen LogP contribution >= 0.6 is 27.5 Å². The molecule has 132 valence electrons. The molecule has 0 unspecified atom stereocenters. The normalized spacial score (nSPS) is 19.0. The number of rotatable bonds is 5. The van der Waals surface area contributed by atoms with Gasteiger partial charge in [0.1, 0.15) is 4.90 Å². The van der Waals surface area contributed by atoms with E-state index >= 15 is 0 Å². The Balaban J connectivity index is 2.30. The van der Waals surface area contributed by atoms with Crippen LogP contribution in [0.25, 0.3) is 0 Å². The van der Waals surface area contributed by atoms with E-state index in [2.05, 4.69) is 27.8 Å². The summed E-state index contributed by atoms with van der Waals surface area (Å²) >= 11 is 9.27. The lowest BCUT2D eigenvalue weighted by molar-refractivity contribution is 0.0957. The third kappa shape index (κ3) is 4.59. The molecule has 2 rings (SSSR count). The molecule has 1 N–H and O–H groups in total. The Hall–Kier alpha value is -0.890. The van der Waals surface area contributed by atoms with E-state index in [-0.39, 0.29) is 27.9 Å². The second-order valence-corrected chi connectivity index (χ2v) is 9.39. The molecule has 1 aromatic rings. The molecular weight excluding hydrogens is 416 g/mol. The molecule has 1 atom stereocenters. The van der Waals surface area contributed by atoms with Crippen LogP contribution in [0.15, 0.2) is 34.2 Å². The van der Waals surface area contributed by atoms with Gasteiger partial charge in [0.25, 0.3) is 5.91 Å². The van der Waals surface area contributed by atoms with E-state index in [1.807, 2.05) is 6.92 Å². The smallest absolute Gasteiger partial charge is 0.251 e. The maximum Gasteiger partial charge on any atom is 0.251 e. The minimum atomic E-state index is -3.72. The third-order valence-electron chi connectivity index (χ3n) is 3.87. The van der Waals surface area contributed by atoms with Crippen molar-refractivity contribution >= 4 is 43.5 Å². The molecule has 1 aromatic carbocycles. The summed E-state index contributed by atoms with van der Waals surface area (Å²) in [6.45, 7) is 6.87. The van der Waals surface area contributed by atoms with Crippen LogP contribution in [-0.2, 0) is 10.0 Å². The number of halogens is 2.